The highest BCUT2D eigenvalue weighted by Crippen LogP contribution is 2.25. The van der Waals surface area contributed by atoms with Crippen molar-refractivity contribution in [1.82, 2.24) is 9.97 Å². The molecule has 3 N–H and O–H groups in total. The van der Waals surface area contributed by atoms with Gasteiger partial charge in [0, 0.05) is 23.8 Å². The van der Waals surface area contributed by atoms with Gasteiger partial charge in [0.2, 0.25) is 11.7 Å². The first-order valence-corrected chi connectivity index (χ1v) is 5.89. The topological polar surface area (TPSA) is 80.9 Å². The van der Waals surface area contributed by atoms with Crippen LogP contribution in [0.4, 0.5) is 24.5 Å². The zero-order chi connectivity index (χ0) is 15.5. The lowest BCUT2D eigenvalue weighted by Crippen LogP contribution is -2.09. The van der Waals surface area contributed by atoms with E-state index >= 15 is 0 Å². The molecule has 0 spiro atoms. The third-order valence-electron chi connectivity index (χ3n) is 2.57. The molecule has 110 valence electrons. The number of hydrogen-bond acceptors (Lipinski definition) is 4. The van der Waals surface area contributed by atoms with E-state index in [9.17, 15) is 18.0 Å². The molecule has 2 heterocycles. The van der Waals surface area contributed by atoms with Crippen LogP contribution in [0.15, 0.2) is 36.7 Å². The van der Waals surface area contributed by atoms with Gasteiger partial charge in [-0.25, -0.2) is 9.97 Å². The summed E-state index contributed by atoms with van der Waals surface area (Å²) in [5.41, 5.74) is 8.13. The standard InChI is InChI=1S/C8H8N2O.C5H3F3N2/c9-6-1-2-7-5(3-6)4-8(11)10-7;6-5(7,8)4-9-2-1-3-10-4/h1-3H,4,9H2,(H,10,11);1-3H. The van der Waals surface area contributed by atoms with Crippen LogP contribution >= 0.6 is 0 Å². The van der Waals surface area contributed by atoms with Crippen LogP contribution < -0.4 is 11.1 Å². The fourth-order valence-electron chi connectivity index (χ4n) is 1.69. The molecule has 0 saturated carbocycles. The molecule has 0 bridgehead atoms. The van der Waals surface area contributed by atoms with Crippen molar-refractivity contribution in [3.8, 4) is 0 Å². The largest absolute Gasteiger partial charge is 0.451 e. The van der Waals surface area contributed by atoms with Gasteiger partial charge in [0.15, 0.2) is 0 Å². The molecule has 0 aliphatic carbocycles. The van der Waals surface area contributed by atoms with Crippen LogP contribution in [0.3, 0.4) is 0 Å². The van der Waals surface area contributed by atoms with Crippen LogP contribution in [0.25, 0.3) is 0 Å². The van der Waals surface area contributed by atoms with E-state index in [1.54, 1.807) is 6.07 Å². The number of aromatic nitrogens is 2. The Morgan fingerprint density at radius 2 is 1.86 bits per heavy atom. The quantitative estimate of drug-likeness (QED) is 0.731. The molecule has 3 rings (SSSR count). The Bertz CT molecular complexity index is 644. The number of benzene rings is 1. The van der Waals surface area contributed by atoms with E-state index in [0.717, 1.165) is 23.6 Å². The van der Waals surface area contributed by atoms with Gasteiger partial charge in [0.05, 0.1) is 6.42 Å². The Hall–Kier alpha value is -2.64. The van der Waals surface area contributed by atoms with E-state index in [0.29, 0.717) is 12.1 Å². The number of carbonyl (C=O) groups excluding carboxylic acids is 1. The Balaban J connectivity index is 0.000000155. The number of anilines is 2. The number of halogens is 3. The minimum Gasteiger partial charge on any atom is -0.399 e. The summed E-state index contributed by atoms with van der Waals surface area (Å²) in [6.45, 7) is 0. The first-order valence-electron chi connectivity index (χ1n) is 5.89. The number of nitrogens with two attached hydrogens (primary N) is 1. The number of rotatable bonds is 0. The second-order valence-corrected chi connectivity index (χ2v) is 4.21. The lowest BCUT2D eigenvalue weighted by atomic mass is 10.1. The highest BCUT2D eigenvalue weighted by atomic mass is 19.4. The fraction of sp³-hybridized carbons (Fsp3) is 0.154. The predicted molar refractivity (Wildman–Crippen MR) is 70.2 cm³/mol. The fourth-order valence-corrected chi connectivity index (χ4v) is 1.69. The van der Waals surface area contributed by atoms with Crippen LogP contribution in [0.2, 0.25) is 0 Å². The molecular formula is C13H11F3N4O. The number of nitrogen functional groups attached to an aromatic ring is 1. The molecule has 1 aromatic heterocycles. The average molecular weight is 296 g/mol. The van der Waals surface area contributed by atoms with Gasteiger partial charge >= 0.3 is 6.18 Å². The summed E-state index contributed by atoms with van der Waals surface area (Å²) in [7, 11) is 0. The summed E-state index contributed by atoms with van der Waals surface area (Å²) < 4.78 is 35.0. The number of fused-ring (bicyclic) bond motifs is 1. The zero-order valence-corrected chi connectivity index (χ0v) is 10.7. The van der Waals surface area contributed by atoms with E-state index in [4.69, 9.17) is 5.73 Å². The molecule has 1 amide bonds. The first-order chi connectivity index (χ1) is 9.86. The first kappa shape index (κ1) is 14.8. The van der Waals surface area contributed by atoms with Crippen molar-refractivity contribution in [2.24, 2.45) is 0 Å². The molecule has 1 aliphatic heterocycles. The Morgan fingerprint density at radius 1 is 1.19 bits per heavy atom. The second-order valence-electron chi connectivity index (χ2n) is 4.21. The minimum absolute atomic E-state index is 0.0469. The average Bonchev–Trinajstić information content (AvgIpc) is 2.79. The van der Waals surface area contributed by atoms with Crippen LogP contribution in [0, 0.1) is 0 Å². The van der Waals surface area contributed by atoms with Crippen molar-refractivity contribution in [3.05, 3.63) is 48.0 Å². The maximum Gasteiger partial charge on any atom is 0.451 e. The van der Waals surface area contributed by atoms with Gasteiger partial charge in [-0.2, -0.15) is 13.2 Å². The van der Waals surface area contributed by atoms with Crippen LogP contribution in [-0.4, -0.2) is 15.9 Å². The molecule has 0 radical (unpaired) electrons. The lowest BCUT2D eigenvalue weighted by molar-refractivity contribution is -0.145. The molecule has 1 aromatic carbocycles. The van der Waals surface area contributed by atoms with Crippen molar-refractivity contribution < 1.29 is 18.0 Å². The van der Waals surface area contributed by atoms with E-state index in [2.05, 4.69) is 15.3 Å². The van der Waals surface area contributed by atoms with E-state index in [1.165, 1.54) is 6.07 Å². The summed E-state index contributed by atoms with van der Waals surface area (Å²) >= 11 is 0. The summed E-state index contributed by atoms with van der Waals surface area (Å²) in [4.78, 5) is 16.9. The van der Waals surface area contributed by atoms with Gasteiger partial charge in [0.25, 0.3) is 0 Å². The van der Waals surface area contributed by atoms with Crippen molar-refractivity contribution in [2.45, 2.75) is 12.6 Å². The number of nitrogens with zero attached hydrogens (tertiary/aromatic N) is 2. The normalized spacial score (nSPS) is 13.0. The molecule has 0 atom stereocenters. The van der Waals surface area contributed by atoms with Crippen molar-refractivity contribution >= 4 is 17.3 Å². The Kier molecular flexibility index (Phi) is 4.06. The number of hydrogen-bond donors (Lipinski definition) is 2. The molecular weight excluding hydrogens is 285 g/mol. The van der Waals surface area contributed by atoms with E-state index in [-0.39, 0.29) is 5.91 Å². The molecule has 1 aliphatic rings. The van der Waals surface area contributed by atoms with Crippen molar-refractivity contribution in [2.75, 3.05) is 11.1 Å². The highest BCUT2D eigenvalue weighted by molar-refractivity contribution is 5.99. The zero-order valence-electron chi connectivity index (χ0n) is 10.7. The molecule has 0 fully saturated rings. The monoisotopic (exact) mass is 296 g/mol. The van der Waals surface area contributed by atoms with Crippen molar-refractivity contribution in [3.63, 3.8) is 0 Å². The van der Waals surface area contributed by atoms with Gasteiger partial charge in [0.1, 0.15) is 0 Å². The van der Waals surface area contributed by atoms with Gasteiger partial charge < -0.3 is 11.1 Å². The Morgan fingerprint density at radius 3 is 2.43 bits per heavy atom. The summed E-state index contributed by atoms with van der Waals surface area (Å²) in [6.07, 6.45) is -1.87. The predicted octanol–water partition coefficient (Wildman–Crippen LogP) is 2.26. The maximum atomic E-state index is 11.7. The number of amides is 1. The van der Waals surface area contributed by atoms with Gasteiger partial charge in [-0.1, -0.05) is 0 Å². The number of alkyl halides is 3. The number of nitrogens with one attached hydrogen (secondary N) is 1. The summed E-state index contributed by atoms with van der Waals surface area (Å²) in [6, 6.07) is 6.77. The maximum absolute atomic E-state index is 11.7. The summed E-state index contributed by atoms with van der Waals surface area (Å²) in [5.74, 6) is -1.06. The third kappa shape index (κ3) is 3.91. The van der Waals surface area contributed by atoms with Crippen LogP contribution in [0.5, 0.6) is 0 Å². The molecule has 21 heavy (non-hydrogen) atoms. The van der Waals surface area contributed by atoms with Gasteiger partial charge in [-0.15, -0.1) is 0 Å². The smallest absolute Gasteiger partial charge is 0.399 e. The number of carbonyl (C=O) groups is 1. The summed E-state index contributed by atoms with van der Waals surface area (Å²) in [5, 5.41) is 2.73. The van der Waals surface area contributed by atoms with Crippen LogP contribution in [-0.2, 0) is 17.4 Å². The van der Waals surface area contributed by atoms with Gasteiger partial charge in [-0.05, 0) is 29.8 Å². The van der Waals surface area contributed by atoms with Gasteiger partial charge in [-0.3, -0.25) is 4.79 Å². The lowest BCUT2D eigenvalue weighted by Gasteiger charge is -2.01. The molecule has 0 saturated heterocycles. The minimum atomic E-state index is -4.43. The molecule has 2 aromatic rings. The van der Waals surface area contributed by atoms with E-state index in [1.807, 2.05) is 12.1 Å². The Labute approximate surface area is 118 Å². The molecule has 8 heteroatoms. The second kappa shape index (κ2) is 5.78. The SMILES string of the molecule is FC(F)(F)c1ncccn1.Nc1ccc2c(c1)CC(=O)N2. The highest BCUT2D eigenvalue weighted by Gasteiger charge is 2.33. The third-order valence-corrected chi connectivity index (χ3v) is 2.57. The van der Waals surface area contributed by atoms with Crippen molar-refractivity contribution in [1.29, 1.82) is 0 Å². The molecule has 5 nitrogen and oxygen atoms in total. The van der Waals surface area contributed by atoms with Crippen LogP contribution in [0.1, 0.15) is 11.4 Å². The van der Waals surface area contributed by atoms with E-state index < -0.39 is 12.0 Å². The molecule has 0 unspecified atom stereocenters.